The molecule has 3 heteroatoms. The van der Waals surface area contributed by atoms with Gasteiger partial charge in [-0.25, -0.2) is 0 Å². The van der Waals surface area contributed by atoms with E-state index in [9.17, 15) is 0 Å². The van der Waals surface area contributed by atoms with Crippen molar-refractivity contribution in [2.75, 3.05) is 0 Å². The summed E-state index contributed by atoms with van der Waals surface area (Å²) in [5.41, 5.74) is 12.9. The Kier molecular flexibility index (Phi) is 13.2. The van der Waals surface area contributed by atoms with Crippen molar-refractivity contribution in [3.05, 3.63) is 58.1 Å². The molecular weight excluding hydrogens is 871 g/mol. The van der Waals surface area contributed by atoms with Crippen LogP contribution in [0, 0.1) is 51.8 Å². The topological polar surface area (TPSA) is 9.72 Å². The molecule has 13 rings (SSSR count). The van der Waals surface area contributed by atoms with Gasteiger partial charge < -0.3 is 9.80 Å². The lowest BCUT2D eigenvalue weighted by Crippen LogP contribution is -2.60. The number of nitrogens with zero attached hydrogens (tertiary/aromatic N) is 3. The number of hydrogen-bond donors (Lipinski definition) is 0. The minimum absolute atomic E-state index is 0.107. The van der Waals surface area contributed by atoms with Gasteiger partial charge >= 0.3 is 0 Å². The molecule has 3 nitrogen and oxygen atoms in total. The first-order valence-electron chi connectivity index (χ1n) is 32.9. The number of likely N-dealkylation sites (tertiary alicyclic amines) is 2. The second kappa shape index (κ2) is 19.0. The first-order chi connectivity index (χ1) is 35.0. The van der Waals surface area contributed by atoms with Gasteiger partial charge in [0.25, 0.3) is 0 Å². The molecule has 6 saturated carbocycles. The van der Waals surface area contributed by atoms with Crippen molar-refractivity contribution in [1.82, 2.24) is 14.7 Å². The highest BCUT2D eigenvalue weighted by Gasteiger charge is 2.68. The Hall–Kier alpha value is -1.74. The molecule has 3 spiro atoms. The summed E-state index contributed by atoms with van der Waals surface area (Å²) in [7, 11) is 0. The summed E-state index contributed by atoms with van der Waals surface area (Å²) in [6.07, 6.45) is 66.0. The van der Waals surface area contributed by atoms with Crippen molar-refractivity contribution < 1.29 is 0 Å². The summed E-state index contributed by atoms with van der Waals surface area (Å²) >= 11 is 0. The maximum Gasteiger partial charge on any atom is 0.0482 e. The Morgan fingerprint density at radius 1 is 0.542 bits per heavy atom. The zero-order valence-electron chi connectivity index (χ0n) is 47.7. The molecule has 6 unspecified atom stereocenters. The van der Waals surface area contributed by atoms with Crippen LogP contribution in [0.15, 0.2) is 58.1 Å². The van der Waals surface area contributed by atoms with Gasteiger partial charge in [0, 0.05) is 80.4 Å². The zero-order valence-corrected chi connectivity index (χ0v) is 47.7. The molecule has 0 bridgehead atoms. The summed E-state index contributed by atoms with van der Waals surface area (Å²) < 4.78 is 0. The summed E-state index contributed by atoms with van der Waals surface area (Å²) in [6, 6.07) is 1.53. The lowest BCUT2D eigenvalue weighted by atomic mass is 9.52. The van der Waals surface area contributed by atoms with Crippen LogP contribution in [0.5, 0.6) is 0 Å². The van der Waals surface area contributed by atoms with Crippen LogP contribution in [0.2, 0.25) is 0 Å². The van der Waals surface area contributed by atoms with Crippen LogP contribution in [0.3, 0.4) is 0 Å². The average molecular weight is 979 g/mol. The second-order valence-electron chi connectivity index (χ2n) is 30.0. The third kappa shape index (κ3) is 7.33. The smallest absolute Gasteiger partial charge is 0.0482 e. The van der Waals surface area contributed by atoms with Crippen molar-refractivity contribution >= 4 is 0 Å². The summed E-state index contributed by atoms with van der Waals surface area (Å²) in [4.78, 5) is 9.97. The third-order valence-corrected chi connectivity index (χ3v) is 26.4. The number of rotatable bonds is 6. The molecule has 3 heterocycles. The largest absolute Gasteiger partial charge is 0.366 e. The minimum atomic E-state index is 0.107. The molecule has 72 heavy (non-hydrogen) atoms. The lowest BCUT2D eigenvalue weighted by molar-refractivity contribution is -0.0347. The van der Waals surface area contributed by atoms with Gasteiger partial charge in [-0.05, 0) is 203 Å². The van der Waals surface area contributed by atoms with Gasteiger partial charge in [-0.2, -0.15) is 0 Å². The van der Waals surface area contributed by atoms with Crippen LogP contribution >= 0.6 is 0 Å². The summed E-state index contributed by atoms with van der Waals surface area (Å²) in [5.74, 6) is 5.12. The van der Waals surface area contributed by atoms with Gasteiger partial charge in [-0.1, -0.05) is 147 Å². The normalized spacial score (nSPS) is 37.8. The van der Waals surface area contributed by atoms with E-state index in [4.69, 9.17) is 0 Å². The Labute approximate surface area is 442 Å². The van der Waals surface area contributed by atoms with Crippen molar-refractivity contribution in [3.8, 4) is 0 Å². The summed E-state index contributed by atoms with van der Waals surface area (Å²) in [6.45, 7) is 17.0. The minimum Gasteiger partial charge on any atom is -0.366 e. The Morgan fingerprint density at radius 3 is 1.78 bits per heavy atom. The number of fused-ring (bicyclic) bond motifs is 5. The molecule has 3 aliphatic heterocycles. The van der Waals surface area contributed by atoms with Crippen LogP contribution in [-0.2, 0) is 0 Å². The molecule has 0 aromatic rings. The van der Waals surface area contributed by atoms with E-state index in [2.05, 4.69) is 86.1 Å². The van der Waals surface area contributed by atoms with Crippen molar-refractivity contribution in [2.24, 2.45) is 51.8 Å². The second-order valence-corrected chi connectivity index (χ2v) is 30.0. The van der Waals surface area contributed by atoms with Gasteiger partial charge in [0.15, 0.2) is 0 Å². The first kappa shape index (κ1) is 49.8. The molecule has 0 aromatic heterocycles. The fourth-order valence-corrected chi connectivity index (χ4v) is 23.5. The number of allylic oxidation sites excluding steroid dienone is 5. The van der Waals surface area contributed by atoms with E-state index in [0.29, 0.717) is 34.4 Å². The maximum atomic E-state index is 3.35. The van der Waals surface area contributed by atoms with Gasteiger partial charge in [-0.15, -0.1) is 0 Å². The lowest BCUT2D eigenvalue weighted by Gasteiger charge is -2.56. The molecule has 0 radical (unpaired) electrons. The Bertz CT molecular complexity index is 2150. The Balaban J connectivity index is 0.983. The van der Waals surface area contributed by atoms with Crippen LogP contribution in [-0.4, -0.2) is 49.4 Å². The van der Waals surface area contributed by atoms with E-state index in [1.807, 2.05) is 22.5 Å². The molecule has 0 aromatic carbocycles. The fraction of sp³-hybridized carbons (Fsp3) is 0.855. The first-order valence-corrected chi connectivity index (χ1v) is 32.9. The van der Waals surface area contributed by atoms with Crippen molar-refractivity contribution in [1.29, 1.82) is 0 Å². The van der Waals surface area contributed by atoms with Gasteiger partial charge in [0.2, 0.25) is 0 Å². The SMILES string of the molecule is CC1(C)N(C2=CC(N3C4CC=CC(C5CCCCC5)=C4C4(CCCCC4)C3(C)C)CC(N3C4=CCCC(C5CCCCC5)C4C4(CCCCC4)C3(C)C)C2)C2=C(C(C3CCCCC3)CCC2)C12CCCCC2. The molecule has 6 atom stereocenters. The van der Waals surface area contributed by atoms with Crippen LogP contribution in [0.25, 0.3) is 0 Å². The van der Waals surface area contributed by atoms with Crippen LogP contribution < -0.4 is 0 Å². The van der Waals surface area contributed by atoms with E-state index in [-0.39, 0.29) is 16.6 Å². The van der Waals surface area contributed by atoms with Gasteiger partial charge in [0.05, 0.1) is 0 Å². The quantitative estimate of drug-likeness (QED) is 0.263. The molecule has 2 saturated heterocycles. The zero-order chi connectivity index (χ0) is 49.1. The predicted octanol–water partition coefficient (Wildman–Crippen LogP) is 18.9. The molecule has 0 amide bonds. The predicted molar refractivity (Wildman–Crippen MR) is 302 cm³/mol. The van der Waals surface area contributed by atoms with E-state index >= 15 is 0 Å². The third-order valence-electron chi connectivity index (χ3n) is 26.4. The van der Waals surface area contributed by atoms with Crippen LogP contribution in [0.1, 0.15) is 286 Å². The maximum absolute atomic E-state index is 3.35. The van der Waals surface area contributed by atoms with Gasteiger partial charge in [0.1, 0.15) is 0 Å². The van der Waals surface area contributed by atoms with E-state index in [1.54, 1.807) is 5.70 Å². The van der Waals surface area contributed by atoms with E-state index in [0.717, 1.165) is 35.5 Å². The van der Waals surface area contributed by atoms with E-state index < -0.39 is 0 Å². The summed E-state index contributed by atoms with van der Waals surface area (Å²) in [5, 5.41) is 0. The van der Waals surface area contributed by atoms with Gasteiger partial charge in [-0.3, -0.25) is 4.90 Å². The molecule has 13 aliphatic rings. The highest BCUT2D eigenvalue weighted by Crippen LogP contribution is 2.71. The molecule has 0 N–H and O–H groups in total. The van der Waals surface area contributed by atoms with Crippen LogP contribution in [0.4, 0.5) is 0 Å². The number of hydrogen-bond acceptors (Lipinski definition) is 3. The highest BCUT2D eigenvalue weighted by molar-refractivity contribution is 5.49. The monoisotopic (exact) mass is 978 g/mol. The standard InChI is InChI=1S/C69H107N3/c1-64(2)67(40-19-10-20-41-67)61-55(49-28-13-7-14-29-49)34-25-37-58(61)70(64)52-46-53(71-59-38-26-35-56(50-30-15-8-16-31-50)62(59)68(65(71,3)4)42-21-11-22-43-68)48-54(47-52)72-60-39-27-36-57(51-32-17-9-18-33-51)63(60)69(66(72,5)6)44-23-12-24-45-69/h25,34,38,47,49-53,56-58,62H,7-24,26-33,35-37,39-46,48H2,1-6H3. The molecule has 398 valence electrons. The Morgan fingerprint density at radius 2 is 1.12 bits per heavy atom. The molecule has 8 fully saturated rings. The molecule has 10 aliphatic carbocycles. The molecular formula is C69H107N3. The van der Waals surface area contributed by atoms with E-state index in [1.165, 1.54) is 244 Å². The fourth-order valence-electron chi connectivity index (χ4n) is 23.5. The average Bonchev–Trinajstić information content (AvgIpc) is 3.83. The van der Waals surface area contributed by atoms with Crippen molar-refractivity contribution in [3.63, 3.8) is 0 Å². The highest BCUT2D eigenvalue weighted by atomic mass is 15.3. The van der Waals surface area contributed by atoms with Crippen molar-refractivity contribution in [2.45, 2.75) is 320 Å².